The number of carbonyl (C=O) groups is 3. The van der Waals surface area contributed by atoms with Crippen molar-refractivity contribution in [1.82, 2.24) is 10.6 Å². The predicted molar refractivity (Wildman–Crippen MR) is 131 cm³/mol. The molecule has 1 aliphatic rings. The fourth-order valence-corrected chi connectivity index (χ4v) is 4.57. The van der Waals surface area contributed by atoms with Crippen molar-refractivity contribution in [2.45, 2.75) is 64.5 Å². The molecule has 0 heterocycles. The van der Waals surface area contributed by atoms with Gasteiger partial charge < -0.3 is 20.5 Å². The molecule has 0 spiro atoms. The van der Waals surface area contributed by atoms with Gasteiger partial charge in [0.1, 0.15) is 18.2 Å². The van der Waals surface area contributed by atoms with Gasteiger partial charge in [0, 0.05) is 5.92 Å². The maximum atomic E-state index is 13.0. The molecule has 2 amide bonds. The number of rotatable bonds is 10. The van der Waals surface area contributed by atoms with Crippen molar-refractivity contribution in [3.8, 4) is 11.1 Å². The molecule has 34 heavy (non-hydrogen) atoms. The summed E-state index contributed by atoms with van der Waals surface area (Å²) in [6, 6.07) is 15.2. The second-order valence-electron chi connectivity index (χ2n) is 9.53. The van der Waals surface area contributed by atoms with Crippen LogP contribution < -0.4 is 10.6 Å². The molecule has 0 radical (unpaired) electrons. The molecule has 2 aromatic carbocycles. The van der Waals surface area contributed by atoms with Crippen LogP contribution in [-0.2, 0) is 14.3 Å². The van der Waals surface area contributed by atoms with E-state index in [1.807, 2.05) is 57.2 Å². The maximum Gasteiger partial charge on any atom is 0.407 e. The second kappa shape index (κ2) is 10.7. The molecule has 0 bridgehead atoms. The van der Waals surface area contributed by atoms with Crippen LogP contribution in [0, 0.1) is 5.92 Å². The van der Waals surface area contributed by atoms with Crippen molar-refractivity contribution >= 4 is 18.0 Å². The van der Waals surface area contributed by atoms with Crippen LogP contribution in [-0.4, -0.2) is 41.3 Å². The van der Waals surface area contributed by atoms with Gasteiger partial charge in [0.2, 0.25) is 5.91 Å². The molecular weight excluding hydrogens is 432 g/mol. The summed E-state index contributed by atoms with van der Waals surface area (Å²) in [4.78, 5) is 37.4. The van der Waals surface area contributed by atoms with Crippen LogP contribution in [0.3, 0.4) is 0 Å². The Labute approximate surface area is 200 Å². The lowest BCUT2D eigenvalue weighted by Crippen LogP contribution is -2.58. The average molecular weight is 467 g/mol. The fourth-order valence-electron chi connectivity index (χ4n) is 4.57. The zero-order chi connectivity index (χ0) is 24.9. The number of carboxylic acids is 1. The van der Waals surface area contributed by atoms with Gasteiger partial charge in [-0.1, -0.05) is 75.7 Å². The van der Waals surface area contributed by atoms with E-state index in [1.165, 1.54) is 6.92 Å². The largest absolute Gasteiger partial charge is 0.480 e. The third-order valence-electron chi connectivity index (χ3n) is 6.28. The monoisotopic (exact) mass is 466 g/mol. The Morgan fingerprint density at radius 2 is 1.59 bits per heavy atom. The van der Waals surface area contributed by atoms with Crippen LogP contribution in [0.2, 0.25) is 0 Å². The van der Waals surface area contributed by atoms with E-state index in [-0.39, 0.29) is 24.9 Å². The smallest absolute Gasteiger partial charge is 0.407 e. The first-order valence-corrected chi connectivity index (χ1v) is 11.8. The summed E-state index contributed by atoms with van der Waals surface area (Å²) < 4.78 is 5.58. The van der Waals surface area contributed by atoms with Crippen LogP contribution >= 0.6 is 0 Å². The zero-order valence-corrected chi connectivity index (χ0v) is 20.3. The van der Waals surface area contributed by atoms with E-state index < -0.39 is 29.6 Å². The molecule has 3 rings (SSSR count). The van der Waals surface area contributed by atoms with Crippen molar-refractivity contribution in [2.75, 3.05) is 6.61 Å². The highest BCUT2D eigenvalue weighted by atomic mass is 16.5. The number of hydrogen-bond donors (Lipinski definition) is 3. The Kier molecular flexibility index (Phi) is 7.97. The highest BCUT2D eigenvalue weighted by Gasteiger charge is 2.37. The number of nitrogens with one attached hydrogen (secondary N) is 2. The standard InChI is InChI=1S/C27H34N2O5/c1-5-14-27(4,25(31)32)29-24(30)23(15-17(2)3)28-26(33)34-16-22-20-12-8-6-10-18(20)19-11-7-9-13-21(19)22/h6-13,17,22-23H,5,14-16H2,1-4H3,(H,28,33)(H,29,30)(H,31,32). The van der Waals surface area contributed by atoms with E-state index >= 15 is 0 Å². The molecule has 2 atom stereocenters. The summed E-state index contributed by atoms with van der Waals surface area (Å²) in [5, 5.41) is 14.9. The topological polar surface area (TPSA) is 105 Å². The summed E-state index contributed by atoms with van der Waals surface area (Å²) in [6.45, 7) is 7.34. The molecule has 182 valence electrons. The fraction of sp³-hybridized carbons (Fsp3) is 0.444. The van der Waals surface area contributed by atoms with E-state index in [0.717, 1.165) is 22.3 Å². The van der Waals surface area contributed by atoms with Gasteiger partial charge in [-0.3, -0.25) is 4.79 Å². The quantitative estimate of drug-likeness (QED) is 0.471. The van der Waals surface area contributed by atoms with Gasteiger partial charge in [-0.05, 0) is 47.9 Å². The molecule has 0 saturated heterocycles. The SMILES string of the molecule is CCCC(C)(NC(=O)C(CC(C)C)NC(=O)OCC1c2ccccc2-c2ccccc21)C(=O)O. The Bertz CT molecular complexity index is 1010. The number of carboxylic acid groups (broad SMARTS) is 1. The molecule has 0 aliphatic heterocycles. The number of benzene rings is 2. The van der Waals surface area contributed by atoms with Crippen LogP contribution in [0.1, 0.15) is 64.0 Å². The molecule has 2 unspecified atom stereocenters. The number of hydrogen-bond acceptors (Lipinski definition) is 4. The molecule has 7 nitrogen and oxygen atoms in total. The second-order valence-corrected chi connectivity index (χ2v) is 9.53. The minimum Gasteiger partial charge on any atom is -0.480 e. The number of carbonyl (C=O) groups excluding carboxylic acids is 2. The molecule has 1 aliphatic carbocycles. The molecule has 0 saturated carbocycles. The Hall–Kier alpha value is -3.35. The number of amides is 2. The van der Waals surface area contributed by atoms with Gasteiger partial charge in [-0.25, -0.2) is 9.59 Å². The van der Waals surface area contributed by atoms with Gasteiger partial charge in [-0.15, -0.1) is 0 Å². The summed E-state index contributed by atoms with van der Waals surface area (Å²) in [7, 11) is 0. The predicted octanol–water partition coefficient (Wildman–Crippen LogP) is 4.70. The Balaban J connectivity index is 1.69. The highest BCUT2D eigenvalue weighted by molar-refractivity contribution is 5.91. The van der Waals surface area contributed by atoms with Crippen LogP contribution in [0.15, 0.2) is 48.5 Å². The molecular formula is C27H34N2O5. The lowest BCUT2D eigenvalue weighted by molar-refractivity contribution is -0.147. The average Bonchev–Trinajstić information content (AvgIpc) is 3.10. The van der Waals surface area contributed by atoms with E-state index in [1.54, 1.807) is 0 Å². The minimum absolute atomic E-state index is 0.0876. The van der Waals surface area contributed by atoms with Crippen molar-refractivity contribution < 1.29 is 24.2 Å². The number of fused-ring (bicyclic) bond motifs is 3. The molecule has 2 aromatic rings. The molecule has 0 aromatic heterocycles. The van der Waals surface area contributed by atoms with Gasteiger partial charge in [0.05, 0.1) is 0 Å². The zero-order valence-electron chi connectivity index (χ0n) is 20.3. The van der Waals surface area contributed by atoms with Crippen molar-refractivity contribution in [2.24, 2.45) is 5.92 Å². The first kappa shape index (κ1) is 25.3. The third kappa shape index (κ3) is 5.58. The summed E-state index contributed by atoms with van der Waals surface area (Å²) in [5.74, 6) is -1.62. The molecule has 7 heteroatoms. The number of ether oxygens (including phenoxy) is 1. The Morgan fingerprint density at radius 1 is 1.03 bits per heavy atom. The lowest BCUT2D eigenvalue weighted by Gasteiger charge is -2.29. The van der Waals surface area contributed by atoms with Gasteiger partial charge in [-0.2, -0.15) is 0 Å². The van der Waals surface area contributed by atoms with Crippen molar-refractivity contribution in [1.29, 1.82) is 0 Å². The first-order chi connectivity index (χ1) is 16.2. The Morgan fingerprint density at radius 3 is 2.09 bits per heavy atom. The maximum absolute atomic E-state index is 13.0. The van der Waals surface area contributed by atoms with Crippen molar-refractivity contribution in [3.05, 3.63) is 59.7 Å². The summed E-state index contributed by atoms with van der Waals surface area (Å²) in [5.41, 5.74) is 3.07. The summed E-state index contributed by atoms with van der Waals surface area (Å²) in [6.07, 6.45) is 0.540. The lowest BCUT2D eigenvalue weighted by atomic mass is 9.94. The summed E-state index contributed by atoms with van der Waals surface area (Å²) >= 11 is 0. The van der Waals surface area contributed by atoms with E-state index in [4.69, 9.17) is 4.74 Å². The van der Waals surface area contributed by atoms with Gasteiger partial charge >= 0.3 is 12.1 Å². The van der Waals surface area contributed by atoms with E-state index in [0.29, 0.717) is 12.8 Å². The molecule has 3 N–H and O–H groups in total. The third-order valence-corrected chi connectivity index (χ3v) is 6.28. The van der Waals surface area contributed by atoms with E-state index in [2.05, 4.69) is 22.8 Å². The highest BCUT2D eigenvalue weighted by Crippen LogP contribution is 2.44. The first-order valence-electron chi connectivity index (χ1n) is 11.8. The number of aliphatic carboxylic acids is 1. The van der Waals surface area contributed by atoms with Crippen molar-refractivity contribution in [3.63, 3.8) is 0 Å². The van der Waals surface area contributed by atoms with Gasteiger partial charge in [0.15, 0.2) is 0 Å². The van der Waals surface area contributed by atoms with Crippen LogP contribution in [0.25, 0.3) is 11.1 Å². The van der Waals surface area contributed by atoms with E-state index in [9.17, 15) is 19.5 Å². The van der Waals surface area contributed by atoms with Gasteiger partial charge in [0.25, 0.3) is 0 Å². The minimum atomic E-state index is -1.40. The van der Waals surface area contributed by atoms with Crippen LogP contribution in [0.4, 0.5) is 4.79 Å². The normalized spacial score (nSPS) is 15.1. The molecule has 0 fully saturated rings. The number of alkyl carbamates (subject to hydrolysis) is 1. The van der Waals surface area contributed by atoms with Crippen LogP contribution in [0.5, 0.6) is 0 Å².